The number of nitrogens with zero attached hydrogens (tertiary/aromatic N) is 3. The molecule has 3 heteroatoms. The first-order chi connectivity index (χ1) is 7.79. The maximum atomic E-state index is 8.79. The summed E-state index contributed by atoms with van der Waals surface area (Å²) in [5.41, 5.74) is 0. The van der Waals surface area contributed by atoms with Crippen LogP contribution in [0.3, 0.4) is 0 Å². The number of hydrogen-bond acceptors (Lipinski definition) is 3. The van der Waals surface area contributed by atoms with Gasteiger partial charge in [-0.1, -0.05) is 13.8 Å². The third-order valence-corrected chi connectivity index (χ3v) is 3.80. The highest BCUT2D eigenvalue weighted by molar-refractivity contribution is 4.88. The van der Waals surface area contributed by atoms with Crippen molar-refractivity contribution in [2.24, 2.45) is 11.8 Å². The van der Waals surface area contributed by atoms with Gasteiger partial charge in [0.2, 0.25) is 0 Å². The summed E-state index contributed by atoms with van der Waals surface area (Å²) >= 11 is 0. The second kappa shape index (κ2) is 6.75. The Morgan fingerprint density at radius 1 is 1.00 bits per heavy atom. The van der Waals surface area contributed by atoms with Crippen molar-refractivity contribution in [2.75, 3.05) is 33.2 Å². The molecule has 2 heterocycles. The van der Waals surface area contributed by atoms with Gasteiger partial charge in [-0.25, -0.2) is 0 Å². The van der Waals surface area contributed by atoms with Crippen LogP contribution in [0.4, 0.5) is 0 Å². The van der Waals surface area contributed by atoms with Crippen molar-refractivity contribution in [1.82, 2.24) is 9.80 Å². The second-order valence-corrected chi connectivity index (χ2v) is 4.74. The summed E-state index contributed by atoms with van der Waals surface area (Å²) in [6, 6.07) is 0. The van der Waals surface area contributed by atoms with E-state index in [1.165, 1.54) is 32.4 Å². The fourth-order valence-electron chi connectivity index (χ4n) is 2.76. The van der Waals surface area contributed by atoms with Crippen LogP contribution in [-0.4, -0.2) is 43.0 Å². The van der Waals surface area contributed by atoms with Crippen molar-refractivity contribution in [3.63, 3.8) is 0 Å². The van der Waals surface area contributed by atoms with Crippen LogP contribution < -0.4 is 0 Å². The first-order valence-corrected chi connectivity index (χ1v) is 6.63. The monoisotopic (exact) mass is 223 g/mol. The number of rotatable bonds is 1. The first-order valence-electron chi connectivity index (χ1n) is 6.63. The number of piperidine rings is 1. The Hall–Kier alpha value is -0.750. The Morgan fingerprint density at radius 3 is 2.06 bits per heavy atom. The van der Waals surface area contributed by atoms with Crippen LogP contribution in [0.2, 0.25) is 0 Å². The normalized spacial score (nSPS) is 27.1. The van der Waals surface area contributed by atoms with Gasteiger partial charge in [0.05, 0.1) is 0 Å². The van der Waals surface area contributed by atoms with Crippen LogP contribution in [-0.2, 0) is 0 Å². The lowest BCUT2D eigenvalue weighted by atomic mass is 9.84. The summed E-state index contributed by atoms with van der Waals surface area (Å²) in [4.78, 5) is 4.33. The van der Waals surface area contributed by atoms with Crippen LogP contribution in [0.5, 0.6) is 0 Å². The van der Waals surface area contributed by atoms with Gasteiger partial charge in [0.15, 0.2) is 6.19 Å². The fraction of sp³-hybridized carbons (Fsp3) is 0.923. The second-order valence-electron chi connectivity index (χ2n) is 4.74. The Balaban J connectivity index is 0.000000606. The Labute approximate surface area is 100 Å². The van der Waals surface area contributed by atoms with Crippen LogP contribution >= 0.6 is 0 Å². The molecule has 0 aromatic rings. The lowest BCUT2D eigenvalue weighted by molar-refractivity contribution is 0.174. The molecule has 0 N–H and O–H groups in total. The molecule has 0 aromatic carbocycles. The first kappa shape index (κ1) is 13.3. The zero-order valence-electron chi connectivity index (χ0n) is 10.9. The van der Waals surface area contributed by atoms with E-state index < -0.39 is 0 Å². The van der Waals surface area contributed by atoms with Crippen molar-refractivity contribution < 1.29 is 0 Å². The van der Waals surface area contributed by atoms with Gasteiger partial charge in [-0.05, 0) is 51.2 Å². The molecule has 0 bridgehead atoms. The molecule has 2 aliphatic heterocycles. The molecule has 0 spiro atoms. The molecule has 0 radical (unpaired) electrons. The molecule has 0 aromatic heterocycles. The van der Waals surface area contributed by atoms with E-state index in [9.17, 15) is 0 Å². The lowest BCUT2D eigenvalue weighted by Crippen LogP contribution is -2.34. The van der Waals surface area contributed by atoms with E-state index in [1.54, 1.807) is 0 Å². The molecule has 2 rings (SSSR count). The number of likely N-dealkylation sites (tertiary alicyclic amines) is 2. The van der Waals surface area contributed by atoms with Gasteiger partial charge in [-0.2, -0.15) is 5.26 Å². The molecule has 2 fully saturated rings. The maximum absolute atomic E-state index is 8.79. The highest BCUT2D eigenvalue weighted by Crippen LogP contribution is 2.30. The predicted molar refractivity (Wildman–Crippen MR) is 66.9 cm³/mol. The van der Waals surface area contributed by atoms with Crippen LogP contribution in [0.1, 0.15) is 33.1 Å². The molecule has 92 valence electrons. The minimum absolute atomic E-state index is 0.795. The number of hydrogen-bond donors (Lipinski definition) is 0. The van der Waals surface area contributed by atoms with E-state index in [1.807, 2.05) is 18.7 Å². The van der Waals surface area contributed by atoms with Crippen molar-refractivity contribution in [3.05, 3.63) is 0 Å². The summed E-state index contributed by atoms with van der Waals surface area (Å²) in [5.74, 6) is 1.67. The van der Waals surface area contributed by atoms with E-state index in [0.29, 0.717) is 0 Å². The van der Waals surface area contributed by atoms with Gasteiger partial charge in [-0.3, -0.25) is 0 Å². The van der Waals surface area contributed by atoms with Gasteiger partial charge in [0.25, 0.3) is 0 Å². The topological polar surface area (TPSA) is 30.3 Å². The van der Waals surface area contributed by atoms with E-state index in [4.69, 9.17) is 5.26 Å². The zero-order chi connectivity index (χ0) is 12.0. The van der Waals surface area contributed by atoms with Crippen molar-refractivity contribution in [3.8, 4) is 6.19 Å². The quantitative estimate of drug-likeness (QED) is 0.638. The van der Waals surface area contributed by atoms with Crippen LogP contribution in [0, 0.1) is 23.3 Å². The minimum Gasteiger partial charge on any atom is -0.310 e. The Bertz CT molecular complexity index is 226. The maximum Gasteiger partial charge on any atom is 0.179 e. The third kappa shape index (κ3) is 3.38. The largest absolute Gasteiger partial charge is 0.310 e. The minimum atomic E-state index is 0.795. The molecule has 2 aliphatic rings. The van der Waals surface area contributed by atoms with Gasteiger partial charge in [0, 0.05) is 13.1 Å². The summed E-state index contributed by atoms with van der Waals surface area (Å²) in [6.45, 7) is 8.50. The predicted octanol–water partition coefficient (Wildman–Crippen LogP) is 2.16. The van der Waals surface area contributed by atoms with Crippen LogP contribution in [0.15, 0.2) is 0 Å². The summed E-state index contributed by atoms with van der Waals surface area (Å²) < 4.78 is 0. The lowest BCUT2D eigenvalue weighted by Gasteiger charge is -2.32. The van der Waals surface area contributed by atoms with Gasteiger partial charge in [-0.15, -0.1) is 0 Å². The summed E-state index contributed by atoms with van der Waals surface area (Å²) in [6.07, 6.45) is 6.17. The highest BCUT2D eigenvalue weighted by Gasteiger charge is 2.30. The van der Waals surface area contributed by atoms with Gasteiger partial charge >= 0.3 is 0 Å². The molecule has 16 heavy (non-hydrogen) atoms. The average Bonchev–Trinajstić information content (AvgIpc) is 2.81. The third-order valence-electron chi connectivity index (χ3n) is 3.80. The molecule has 2 saturated heterocycles. The summed E-state index contributed by atoms with van der Waals surface area (Å²) in [7, 11) is 2.20. The molecule has 1 unspecified atom stereocenters. The molecule has 0 aliphatic carbocycles. The van der Waals surface area contributed by atoms with Gasteiger partial charge < -0.3 is 9.80 Å². The fourth-order valence-corrected chi connectivity index (χ4v) is 2.76. The van der Waals surface area contributed by atoms with Gasteiger partial charge in [0.1, 0.15) is 0 Å². The van der Waals surface area contributed by atoms with Crippen molar-refractivity contribution >= 4 is 0 Å². The van der Waals surface area contributed by atoms with E-state index in [2.05, 4.69) is 18.1 Å². The van der Waals surface area contributed by atoms with Crippen molar-refractivity contribution in [1.29, 1.82) is 5.26 Å². The molecule has 1 atom stereocenters. The Morgan fingerprint density at radius 2 is 1.56 bits per heavy atom. The number of nitriles is 1. The SMILES string of the molecule is CC.CN1CCC(C2CCN(C#N)C2)CC1. The highest BCUT2D eigenvalue weighted by atomic mass is 15.1. The molecule has 0 saturated carbocycles. The molecule has 3 nitrogen and oxygen atoms in total. The zero-order valence-corrected chi connectivity index (χ0v) is 10.9. The molecular formula is C13H25N3. The summed E-state index contributed by atoms with van der Waals surface area (Å²) in [5, 5.41) is 8.79. The molecular weight excluding hydrogens is 198 g/mol. The van der Waals surface area contributed by atoms with E-state index in [-0.39, 0.29) is 0 Å². The molecule has 0 amide bonds. The standard InChI is InChI=1S/C11H19N3.C2H6/c1-13-5-2-10(3-6-13)11-4-7-14(8-11)9-12;1-2/h10-11H,2-8H2,1H3;1-2H3. The average molecular weight is 223 g/mol. The Kier molecular flexibility index (Phi) is 5.62. The smallest absolute Gasteiger partial charge is 0.179 e. The van der Waals surface area contributed by atoms with Crippen LogP contribution in [0.25, 0.3) is 0 Å². The van der Waals surface area contributed by atoms with Crippen molar-refractivity contribution in [2.45, 2.75) is 33.1 Å². The van der Waals surface area contributed by atoms with E-state index >= 15 is 0 Å². The van der Waals surface area contributed by atoms with E-state index in [0.717, 1.165) is 24.9 Å².